The quantitative estimate of drug-likeness (QED) is 0.611. The molecule has 0 spiro atoms. The Hall–Kier alpha value is -3.13. The molecule has 3 aromatic rings. The minimum atomic E-state index is 0.115. The van der Waals surface area contributed by atoms with Crippen LogP contribution in [-0.4, -0.2) is 61.2 Å². The predicted molar refractivity (Wildman–Crippen MR) is 120 cm³/mol. The molecule has 2 atom stereocenters. The van der Waals surface area contributed by atoms with Crippen molar-refractivity contribution in [3.63, 3.8) is 0 Å². The van der Waals surface area contributed by atoms with Gasteiger partial charge >= 0.3 is 0 Å². The SMILES string of the molecule is COc1cc(OC)nc(N2C[C@H]3CN(C(=O)c4ccccc4-c4cccs4)C[C@H]3C2)n1. The highest BCUT2D eigenvalue weighted by atomic mass is 32.1. The van der Waals surface area contributed by atoms with Gasteiger partial charge in [0.05, 0.1) is 20.3 Å². The molecule has 8 heteroatoms. The second kappa shape index (κ2) is 8.19. The van der Waals surface area contributed by atoms with Gasteiger partial charge in [0.1, 0.15) is 0 Å². The third-order valence-corrected chi connectivity index (χ3v) is 6.99. The first-order valence-corrected chi connectivity index (χ1v) is 11.2. The lowest BCUT2D eigenvalue weighted by Gasteiger charge is -2.23. The number of nitrogens with zero attached hydrogens (tertiary/aromatic N) is 4. The molecule has 2 aliphatic heterocycles. The van der Waals surface area contributed by atoms with E-state index < -0.39 is 0 Å². The maximum absolute atomic E-state index is 13.4. The predicted octanol–water partition coefficient (Wildman–Crippen LogP) is 3.43. The second-order valence-electron chi connectivity index (χ2n) is 7.91. The number of rotatable bonds is 5. The van der Waals surface area contributed by atoms with Crippen LogP contribution in [0.2, 0.25) is 0 Å². The molecule has 31 heavy (non-hydrogen) atoms. The van der Waals surface area contributed by atoms with Crippen LogP contribution in [0.5, 0.6) is 11.8 Å². The van der Waals surface area contributed by atoms with E-state index in [4.69, 9.17) is 9.47 Å². The van der Waals surface area contributed by atoms with Crippen molar-refractivity contribution in [1.29, 1.82) is 0 Å². The third-order valence-electron chi connectivity index (χ3n) is 6.09. The smallest absolute Gasteiger partial charge is 0.254 e. The van der Waals surface area contributed by atoms with Gasteiger partial charge in [-0.15, -0.1) is 11.3 Å². The Bertz CT molecular complexity index is 1050. The van der Waals surface area contributed by atoms with Crippen molar-refractivity contribution in [3.8, 4) is 22.2 Å². The molecule has 2 aliphatic rings. The largest absolute Gasteiger partial charge is 0.481 e. The zero-order valence-electron chi connectivity index (χ0n) is 17.5. The topological polar surface area (TPSA) is 67.8 Å². The fraction of sp³-hybridized carbons (Fsp3) is 0.348. The van der Waals surface area contributed by atoms with Crippen molar-refractivity contribution >= 4 is 23.2 Å². The fourth-order valence-electron chi connectivity index (χ4n) is 4.55. The highest BCUT2D eigenvalue weighted by molar-refractivity contribution is 7.13. The summed E-state index contributed by atoms with van der Waals surface area (Å²) in [5, 5.41) is 2.04. The summed E-state index contributed by atoms with van der Waals surface area (Å²) >= 11 is 1.66. The number of anilines is 1. The number of thiophene rings is 1. The van der Waals surface area contributed by atoms with Gasteiger partial charge in [-0.2, -0.15) is 9.97 Å². The van der Waals surface area contributed by atoms with Crippen LogP contribution in [0.4, 0.5) is 5.95 Å². The lowest BCUT2D eigenvalue weighted by molar-refractivity contribution is 0.0783. The highest BCUT2D eigenvalue weighted by Gasteiger charge is 2.43. The molecule has 0 saturated carbocycles. The molecule has 2 saturated heterocycles. The summed E-state index contributed by atoms with van der Waals surface area (Å²) in [5.74, 6) is 2.51. The Morgan fingerprint density at radius 3 is 2.26 bits per heavy atom. The summed E-state index contributed by atoms with van der Waals surface area (Å²) in [6.45, 7) is 3.13. The average Bonchev–Trinajstić information content (AvgIpc) is 3.55. The Morgan fingerprint density at radius 2 is 1.65 bits per heavy atom. The fourth-order valence-corrected chi connectivity index (χ4v) is 5.32. The highest BCUT2D eigenvalue weighted by Crippen LogP contribution is 2.36. The Balaban J connectivity index is 1.31. The van der Waals surface area contributed by atoms with E-state index in [2.05, 4.69) is 20.9 Å². The Kier molecular flexibility index (Phi) is 5.23. The van der Waals surface area contributed by atoms with Gasteiger partial charge in [-0.05, 0) is 17.5 Å². The van der Waals surface area contributed by atoms with Gasteiger partial charge in [-0.3, -0.25) is 4.79 Å². The Labute approximate surface area is 185 Å². The first-order valence-electron chi connectivity index (χ1n) is 10.3. The van der Waals surface area contributed by atoms with E-state index in [0.717, 1.165) is 42.2 Å². The molecule has 4 heterocycles. The zero-order chi connectivity index (χ0) is 21.4. The Morgan fingerprint density at radius 1 is 0.968 bits per heavy atom. The van der Waals surface area contributed by atoms with Crippen LogP contribution < -0.4 is 14.4 Å². The summed E-state index contributed by atoms with van der Waals surface area (Å²) < 4.78 is 10.6. The van der Waals surface area contributed by atoms with Crippen LogP contribution in [0, 0.1) is 11.8 Å². The first kappa shape index (κ1) is 19.8. The molecule has 0 unspecified atom stereocenters. The van der Waals surface area contributed by atoms with Gasteiger partial charge in [-0.1, -0.05) is 24.3 Å². The van der Waals surface area contributed by atoms with Crippen molar-refractivity contribution in [3.05, 3.63) is 53.4 Å². The van der Waals surface area contributed by atoms with E-state index in [1.54, 1.807) is 31.6 Å². The minimum absolute atomic E-state index is 0.115. The summed E-state index contributed by atoms with van der Waals surface area (Å²) in [5.41, 5.74) is 1.79. The number of ether oxygens (including phenoxy) is 2. The molecule has 2 fully saturated rings. The molecule has 1 aromatic carbocycles. The molecule has 1 amide bonds. The van der Waals surface area contributed by atoms with Crippen LogP contribution in [0.1, 0.15) is 10.4 Å². The summed E-state index contributed by atoms with van der Waals surface area (Å²) in [4.78, 5) is 27.6. The van der Waals surface area contributed by atoms with Gasteiger partial charge < -0.3 is 19.3 Å². The van der Waals surface area contributed by atoms with Crippen LogP contribution in [0.25, 0.3) is 10.4 Å². The molecule has 0 radical (unpaired) electrons. The van der Waals surface area contributed by atoms with Gasteiger partial charge in [0.2, 0.25) is 17.7 Å². The molecule has 0 bridgehead atoms. The van der Waals surface area contributed by atoms with Gasteiger partial charge in [0.25, 0.3) is 5.91 Å². The van der Waals surface area contributed by atoms with Crippen LogP contribution in [-0.2, 0) is 0 Å². The average molecular weight is 437 g/mol. The minimum Gasteiger partial charge on any atom is -0.481 e. The van der Waals surface area contributed by atoms with E-state index in [1.165, 1.54) is 0 Å². The maximum atomic E-state index is 13.4. The summed E-state index contributed by atoms with van der Waals surface area (Å²) in [6, 6.07) is 13.7. The van der Waals surface area contributed by atoms with Crippen molar-refractivity contribution in [2.24, 2.45) is 11.8 Å². The first-order chi connectivity index (χ1) is 15.2. The number of amides is 1. The number of aromatic nitrogens is 2. The molecule has 160 valence electrons. The van der Waals surface area contributed by atoms with Crippen molar-refractivity contribution in [2.45, 2.75) is 0 Å². The number of fused-ring (bicyclic) bond motifs is 1. The number of methoxy groups -OCH3 is 2. The van der Waals surface area contributed by atoms with E-state index in [-0.39, 0.29) is 5.91 Å². The molecular weight excluding hydrogens is 412 g/mol. The number of benzene rings is 1. The maximum Gasteiger partial charge on any atom is 0.254 e. The van der Waals surface area contributed by atoms with E-state index >= 15 is 0 Å². The second-order valence-corrected chi connectivity index (χ2v) is 8.86. The molecular formula is C23H24N4O3S. The standard InChI is InChI=1S/C23H24N4O3S/c1-29-20-10-21(30-2)25-23(24-20)27-13-15-11-26(12-16(15)14-27)22(28)18-7-4-3-6-17(18)19-8-5-9-31-19/h3-10,15-16H,11-14H2,1-2H3/t15-,16+. The van der Waals surface area contributed by atoms with Crippen LogP contribution in [0.15, 0.2) is 47.8 Å². The molecule has 5 rings (SSSR count). The normalized spacial score (nSPS) is 20.1. The van der Waals surface area contributed by atoms with Crippen molar-refractivity contribution < 1.29 is 14.3 Å². The molecule has 2 aromatic heterocycles. The summed E-state index contributed by atoms with van der Waals surface area (Å²) in [6.07, 6.45) is 0. The molecule has 0 N–H and O–H groups in total. The van der Waals surface area contributed by atoms with E-state index in [0.29, 0.717) is 29.5 Å². The number of hydrogen-bond acceptors (Lipinski definition) is 7. The number of carbonyl (C=O) groups is 1. The number of hydrogen-bond donors (Lipinski definition) is 0. The van der Waals surface area contributed by atoms with Crippen LogP contribution in [0.3, 0.4) is 0 Å². The van der Waals surface area contributed by atoms with Crippen LogP contribution >= 0.6 is 11.3 Å². The van der Waals surface area contributed by atoms with Gasteiger partial charge in [-0.25, -0.2) is 0 Å². The molecule has 7 nitrogen and oxygen atoms in total. The zero-order valence-corrected chi connectivity index (χ0v) is 18.3. The lowest BCUT2D eigenvalue weighted by Crippen LogP contribution is -2.34. The monoisotopic (exact) mass is 436 g/mol. The molecule has 0 aliphatic carbocycles. The number of likely N-dealkylation sites (tertiary alicyclic amines) is 1. The van der Waals surface area contributed by atoms with E-state index in [9.17, 15) is 4.79 Å². The third kappa shape index (κ3) is 3.72. The lowest BCUT2D eigenvalue weighted by atomic mass is 10.0. The summed E-state index contributed by atoms with van der Waals surface area (Å²) in [7, 11) is 3.17. The van der Waals surface area contributed by atoms with Crippen molar-refractivity contribution in [1.82, 2.24) is 14.9 Å². The van der Waals surface area contributed by atoms with E-state index in [1.807, 2.05) is 40.6 Å². The van der Waals surface area contributed by atoms with Gasteiger partial charge in [0, 0.05) is 54.0 Å². The van der Waals surface area contributed by atoms with Gasteiger partial charge in [0.15, 0.2) is 0 Å². The van der Waals surface area contributed by atoms with Crippen molar-refractivity contribution in [2.75, 3.05) is 45.3 Å². The number of carbonyl (C=O) groups excluding carboxylic acids is 1.